The fourth-order valence-electron chi connectivity index (χ4n) is 3.85. The van der Waals surface area contributed by atoms with Gasteiger partial charge >= 0.3 is 0 Å². The minimum atomic E-state index is -1.09. The van der Waals surface area contributed by atoms with Gasteiger partial charge in [0.05, 0.1) is 0 Å². The van der Waals surface area contributed by atoms with Gasteiger partial charge in [-0.15, -0.1) is 0 Å². The number of carbonyl (C=O) groups excluding carboxylic acids is 5. The number of amides is 4. The van der Waals surface area contributed by atoms with Gasteiger partial charge in [-0.25, -0.2) is 4.90 Å². The molecule has 0 radical (unpaired) electrons. The SMILES string of the molecule is CC(C)N1C(=O)c2ccc3c4c(ccc(c24)C1=O)C(=O)N([C@H](C)OC=O)C3=O. The Hall–Kier alpha value is -3.55. The second-order valence-corrected chi connectivity index (χ2v) is 6.96. The number of ether oxygens (including phenoxy) is 1. The molecule has 2 aliphatic heterocycles. The molecule has 4 amide bonds. The van der Waals surface area contributed by atoms with Crippen molar-refractivity contribution in [3.05, 3.63) is 46.5 Å². The van der Waals surface area contributed by atoms with E-state index in [2.05, 4.69) is 0 Å². The molecule has 1 atom stereocenters. The molecule has 2 aliphatic rings. The van der Waals surface area contributed by atoms with Crippen LogP contribution in [0.2, 0.25) is 0 Å². The molecule has 28 heavy (non-hydrogen) atoms. The molecular formula is C20H16N2O6. The van der Waals surface area contributed by atoms with Crippen molar-refractivity contribution in [2.24, 2.45) is 0 Å². The summed E-state index contributed by atoms with van der Waals surface area (Å²) in [4.78, 5) is 64.3. The minimum absolute atomic E-state index is 0.165. The number of hydrogen-bond acceptors (Lipinski definition) is 6. The number of hydrogen-bond donors (Lipinski definition) is 0. The molecular weight excluding hydrogens is 364 g/mol. The van der Waals surface area contributed by atoms with E-state index in [9.17, 15) is 24.0 Å². The molecule has 2 aromatic rings. The van der Waals surface area contributed by atoms with Crippen molar-refractivity contribution in [3.8, 4) is 0 Å². The molecule has 0 bridgehead atoms. The van der Waals surface area contributed by atoms with Crippen molar-refractivity contribution in [1.82, 2.24) is 9.80 Å². The molecule has 0 saturated carbocycles. The van der Waals surface area contributed by atoms with Gasteiger partial charge in [0.25, 0.3) is 30.1 Å². The van der Waals surface area contributed by atoms with E-state index in [4.69, 9.17) is 4.74 Å². The highest BCUT2D eigenvalue weighted by Crippen LogP contribution is 2.38. The van der Waals surface area contributed by atoms with Crippen molar-refractivity contribution in [1.29, 1.82) is 0 Å². The largest absolute Gasteiger partial charge is 0.443 e. The van der Waals surface area contributed by atoms with E-state index in [0.29, 0.717) is 5.39 Å². The standard InChI is InChI=1S/C20H16N2O6/c1-9(2)21-17(24)11-4-6-13-16-14(7-5-12(15(11)16)18(21)25)20(27)22(19(13)26)10(3)28-8-23/h4-10H,1-3H3/t10-/m0/s1. The van der Waals surface area contributed by atoms with Gasteiger partial charge in [-0.2, -0.15) is 0 Å². The Morgan fingerprint density at radius 1 is 0.714 bits per heavy atom. The maximum absolute atomic E-state index is 12.9. The average Bonchev–Trinajstić information content (AvgIpc) is 2.64. The quantitative estimate of drug-likeness (QED) is 0.594. The highest BCUT2D eigenvalue weighted by atomic mass is 16.5. The zero-order chi connectivity index (χ0) is 20.3. The van der Waals surface area contributed by atoms with Crippen LogP contribution >= 0.6 is 0 Å². The molecule has 0 spiro atoms. The molecule has 0 aliphatic carbocycles. The first-order valence-corrected chi connectivity index (χ1v) is 8.74. The van der Waals surface area contributed by atoms with E-state index in [0.717, 1.165) is 9.80 Å². The van der Waals surface area contributed by atoms with Crippen LogP contribution in [0, 0.1) is 0 Å². The molecule has 8 nitrogen and oxygen atoms in total. The summed E-state index contributed by atoms with van der Waals surface area (Å²) < 4.78 is 4.78. The fourth-order valence-corrected chi connectivity index (χ4v) is 3.85. The van der Waals surface area contributed by atoms with Crippen molar-refractivity contribution >= 4 is 40.9 Å². The first-order valence-electron chi connectivity index (χ1n) is 8.74. The predicted octanol–water partition coefficient (Wildman–Crippen LogP) is 1.96. The van der Waals surface area contributed by atoms with E-state index in [1.807, 2.05) is 0 Å². The van der Waals surface area contributed by atoms with Crippen LogP contribution in [-0.2, 0) is 9.53 Å². The normalized spacial score (nSPS) is 16.9. The van der Waals surface area contributed by atoms with Gasteiger partial charge in [-0.1, -0.05) is 0 Å². The van der Waals surface area contributed by atoms with E-state index in [-0.39, 0.29) is 40.2 Å². The number of benzene rings is 2. The maximum Gasteiger partial charge on any atom is 0.295 e. The molecule has 0 aromatic heterocycles. The summed E-state index contributed by atoms with van der Waals surface area (Å²) in [5, 5.41) is 0.594. The Morgan fingerprint density at radius 2 is 1.07 bits per heavy atom. The lowest BCUT2D eigenvalue weighted by Gasteiger charge is -2.34. The van der Waals surface area contributed by atoms with Crippen molar-refractivity contribution in [2.75, 3.05) is 0 Å². The Kier molecular flexibility index (Phi) is 3.81. The van der Waals surface area contributed by atoms with Gasteiger partial charge in [0.1, 0.15) is 0 Å². The number of carbonyl (C=O) groups is 5. The van der Waals surface area contributed by atoms with E-state index in [1.54, 1.807) is 13.8 Å². The summed E-state index contributed by atoms with van der Waals surface area (Å²) in [6.45, 7) is 5.05. The van der Waals surface area contributed by atoms with Crippen LogP contribution in [0.25, 0.3) is 10.8 Å². The van der Waals surface area contributed by atoms with E-state index >= 15 is 0 Å². The van der Waals surface area contributed by atoms with Gasteiger partial charge in [-0.3, -0.25) is 28.9 Å². The van der Waals surface area contributed by atoms with E-state index < -0.39 is 29.9 Å². The van der Waals surface area contributed by atoms with Gasteiger partial charge in [0.15, 0.2) is 6.23 Å². The zero-order valence-electron chi connectivity index (χ0n) is 15.4. The smallest absolute Gasteiger partial charge is 0.295 e. The lowest BCUT2D eigenvalue weighted by atomic mass is 9.85. The fraction of sp³-hybridized carbons (Fsp3) is 0.250. The van der Waals surface area contributed by atoms with Crippen LogP contribution in [0.4, 0.5) is 0 Å². The Morgan fingerprint density at radius 3 is 1.39 bits per heavy atom. The Bertz CT molecular complexity index is 1030. The Labute approximate surface area is 159 Å². The van der Waals surface area contributed by atoms with Crippen molar-refractivity contribution in [3.63, 3.8) is 0 Å². The highest BCUT2D eigenvalue weighted by molar-refractivity contribution is 6.33. The second-order valence-electron chi connectivity index (χ2n) is 6.96. The Balaban J connectivity index is 2.01. The first-order chi connectivity index (χ1) is 13.3. The monoisotopic (exact) mass is 380 g/mol. The van der Waals surface area contributed by atoms with Crippen molar-refractivity contribution < 1.29 is 28.7 Å². The lowest BCUT2D eigenvalue weighted by Crippen LogP contribution is -2.48. The summed E-state index contributed by atoms with van der Waals surface area (Å²) >= 11 is 0. The summed E-state index contributed by atoms with van der Waals surface area (Å²) in [5.41, 5.74) is 0.899. The van der Waals surface area contributed by atoms with Crippen LogP contribution in [0.15, 0.2) is 24.3 Å². The first kappa shape index (κ1) is 17.8. The molecule has 0 fully saturated rings. The third-order valence-electron chi connectivity index (χ3n) is 5.09. The van der Waals surface area contributed by atoms with Crippen LogP contribution in [0.5, 0.6) is 0 Å². The lowest BCUT2D eigenvalue weighted by molar-refractivity contribution is -0.137. The summed E-state index contributed by atoms with van der Waals surface area (Å²) in [5.74, 6) is -2.23. The van der Waals surface area contributed by atoms with Crippen LogP contribution < -0.4 is 0 Å². The highest BCUT2D eigenvalue weighted by Gasteiger charge is 2.41. The van der Waals surface area contributed by atoms with Crippen LogP contribution in [-0.4, -0.2) is 52.2 Å². The number of nitrogens with zero attached hydrogens (tertiary/aromatic N) is 2. The van der Waals surface area contributed by atoms with Gasteiger partial charge in [0.2, 0.25) is 0 Å². The van der Waals surface area contributed by atoms with Crippen LogP contribution in [0.3, 0.4) is 0 Å². The third kappa shape index (κ3) is 2.14. The molecule has 142 valence electrons. The molecule has 4 rings (SSSR count). The minimum Gasteiger partial charge on any atom is -0.443 e. The molecule has 2 aromatic carbocycles. The summed E-state index contributed by atoms with van der Waals surface area (Å²) in [6.07, 6.45) is -1.09. The molecule has 0 saturated heterocycles. The van der Waals surface area contributed by atoms with Crippen molar-refractivity contribution in [2.45, 2.75) is 33.0 Å². The van der Waals surface area contributed by atoms with Gasteiger partial charge < -0.3 is 4.74 Å². The molecule has 8 heteroatoms. The third-order valence-corrected chi connectivity index (χ3v) is 5.09. The molecule has 0 unspecified atom stereocenters. The predicted molar refractivity (Wildman–Crippen MR) is 96.7 cm³/mol. The summed E-state index contributed by atoms with van der Waals surface area (Å²) in [6, 6.07) is 5.58. The van der Waals surface area contributed by atoms with Gasteiger partial charge in [0, 0.05) is 39.1 Å². The topological polar surface area (TPSA) is 101 Å². The zero-order valence-corrected chi connectivity index (χ0v) is 15.4. The van der Waals surface area contributed by atoms with Crippen LogP contribution in [0.1, 0.15) is 62.2 Å². The number of rotatable bonds is 4. The second kappa shape index (κ2) is 5.98. The maximum atomic E-state index is 12.9. The average molecular weight is 380 g/mol. The van der Waals surface area contributed by atoms with E-state index in [1.165, 1.54) is 31.2 Å². The molecule has 2 heterocycles. The summed E-state index contributed by atoms with van der Waals surface area (Å²) in [7, 11) is 0. The van der Waals surface area contributed by atoms with Gasteiger partial charge in [-0.05, 0) is 45.0 Å². The number of imide groups is 2. The molecule has 0 N–H and O–H groups in total.